The summed E-state index contributed by atoms with van der Waals surface area (Å²) in [4.78, 5) is 4.42. The Hall–Kier alpha value is -0.550. The highest BCUT2D eigenvalue weighted by Gasteiger charge is 2.03. The Balaban J connectivity index is 2.70. The lowest BCUT2D eigenvalue weighted by Crippen LogP contribution is -2.17. The Morgan fingerprint density at radius 2 is 2.58 bits per heavy atom. The van der Waals surface area contributed by atoms with Crippen molar-refractivity contribution in [2.45, 2.75) is 6.54 Å². The molecule has 0 aliphatic carbocycles. The number of rotatable bonds is 4. The number of thiocarbonyl (C=S) groups is 1. The second kappa shape index (κ2) is 4.47. The molecule has 0 aliphatic heterocycles. The van der Waals surface area contributed by atoms with Gasteiger partial charge in [-0.25, -0.2) is 4.98 Å². The van der Waals surface area contributed by atoms with Crippen molar-refractivity contribution >= 4 is 29.0 Å². The molecule has 0 fully saturated rings. The Kier molecular flexibility index (Phi) is 3.55. The van der Waals surface area contributed by atoms with Gasteiger partial charge in [-0.15, -0.1) is 0 Å². The van der Waals surface area contributed by atoms with Gasteiger partial charge < -0.3 is 10.3 Å². The van der Waals surface area contributed by atoms with Crippen LogP contribution in [0.2, 0.25) is 0 Å². The van der Waals surface area contributed by atoms with Crippen LogP contribution in [0, 0.1) is 0 Å². The van der Waals surface area contributed by atoms with E-state index in [4.69, 9.17) is 18.0 Å². The number of nitrogens with zero attached hydrogens (tertiary/aromatic N) is 2. The van der Waals surface area contributed by atoms with Gasteiger partial charge in [0.1, 0.15) is 4.99 Å². The molecule has 0 spiro atoms. The van der Waals surface area contributed by atoms with Gasteiger partial charge in [-0.3, -0.25) is 0 Å². The summed E-state index contributed by atoms with van der Waals surface area (Å²) in [5, 5.41) is 0. The molecule has 3 nitrogen and oxygen atoms in total. The first-order valence-corrected chi connectivity index (χ1v) is 5.35. The molecule has 1 rings (SSSR count). The van der Waals surface area contributed by atoms with Crippen molar-refractivity contribution in [2.75, 3.05) is 12.0 Å². The van der Waals surface area contributed by atoms with Crippen molar-refractivity contribution < 1.29 is 0 Å². The van der Waals surface area contributed by atoms with Crippen molar-refractivity contribution in [3.05, 3.63) is 18.2 Å². The molecule has 0 amide bonds. The first-order valence-electron chi connectivity index (χ1n) is 3.55. The zero-order valence-corrected chi connectivity index (χ0v) is 8.49. The molecule has 0 saturated heterocycles. The lowest BCUT2D eigenvalue weighted by molar-refractivity contribution is 0.762. The second-order valence-corrected chi connectivity index (χ2v) is 3.73. The minimum absolute atomic E-state index is 0.362. The maximum atomic E-state index is 5.47. The van der Waals surface area contributed by atoms with E-state index in [1.165, 1.54) is 0 Å². The molecule has 1 heterocycles. The third-order valence-electron chi connectivity index (χ3n) is 1.47. The van der Waals surface area contributed by atoms with Gasteiger partial charge in [0, 0.05) is 24.7 Å². The third-order valence-corrected chi connectivity index (χ3v) is 2.25. The monoisotopic (exact) mass is 201 g/mol. The molecule has 0 saturated carbocycles. The maximum Gasteiger partial charge on any atom is 0.167 e. The fourth-order valence-corrected chi connectivity index (χ4v) is 1.45. The molecule has 0 unspecified atom stereocenters. The van der Waals surface area contributed by atoms with Gasteiger partial charge in [-0.2, -0.15) is 11.8 Å². The predicted octanol–water partition coefficient (Wildman–Crippen LogP) is 0.880. The van der Waals surface area contributed by atoms with Crippen molar-refractivity contribution in [1.82, 2.24) is 9.55 Å². The van der Waals surface area contributed by atoms with Gasteiger partial charge in [0.2, 0.25) is 0 Å². The molecule has 0 aliphatic rings. The quantitative estimate of drug-likeness (QED) is 0.734. The predicted molar refractivity (Wildman–Crippen MR) is 56.5 cm³/mol. The molecule has 66 valence electrons. The summed E-state index contributed by atoms with van der Waals surface area (Å²) in [7, 11) is 0. The topological polar surface area (TPSA) is 43.8 Å². The Morgan fingerprint density at radius 3 is 3.17 bits per heavy atom. The number of hydrogen-bond donors (Lipinski definition) is 1. The molecule has 1 aromatic rings. The van der Waals surface area contributed by atoms with Crippen molar-refractivity contribution in [3.8, 4) is 0 Å². The van der Waals surface area contributed by atoms with Crippen LogP contribution in [0.5, 0.6) is 0 Å². The van der Waals surface area contributed by atoms with Gasteiger partial charge >= 0.3 is 0 Å². The molecule has 5 heteroatoms. The number of thioether (sulfide) groups is 1. The zero-order chi connectivity index (χ0) is 8.97. The maximum absolute atomic E-state index is 5.47. The number of nitrogens with two attached hydrogens (primary N) is 1. The smallest absolute Gasteiger partial charge is 0.167 e. The average Bonchev–Trinajstić information content (AvgIpc) is 2.48. The van der Waals surface area contributed by atoms with Crippen LogP contribution < -0.4 is 5.73 Å². The minimum Gasteiger partial charge on any atom is -0.387 e. The van der Waals surface area contributed by atoms with Gasteiger partial charge in [-0.1, -0.05) is 12.2 Å². The molecule has 12 heavy (non-hydrogen) atoms. The number of aryl methyl sites for hydroxylation is 1. The summed E-state index contributed by atoms with van der Waals surface area (Å²) in [6, 6.07) is 0. The van der Waals surface area contributed by atoms with Crippen LogP contribution in [0.25, 0.3) is 0 Å². The standard InChI is InChI=1S/C7H11N3S2/c1-12-5-4-10-3-2-9-7(10)6(8)11/h2-3H,4-5H2,1H3,(H2,8,11). The number of aromatic nitrogens is 2. The van der Waals surface area contributed by atoms with Gasteiger partial charge in [-0.05, 0) is 6.26 Å². The van der Waals surface area contributed by atoms with Gasteiger partial charge in [0.25, 0.3) is 0 Å². The molecule has 0 atom stereocenters. The van der Waals surface area contributed by atoms with Crippen molar-refractivity contribution in [3.63, 3.8) is 0 Å². The second-order valence-electron chi connectivity index (χ2n) is 2.30. The Morgan fingerprint density at radius 1 is 1.83 bits per heavy atom. The summed E-state index contributed by atoms with van der Waals surface area (Å²) in [6.45, 7) is 0.911. The van der Waals surface area contributed by atoms with E-state index in [2.05, 4.69) is 11.2 Å². The highest BCUT2D eigenvalue weighted by molar-refractivity contribution is 7.98. The first kappa shape index (κ1) is 9.54. The van der Waals surface area contributed by atoms with Crippen LogP contribution in [0.15, 0.2) is 12.4 Å². The van der Waals surface area contributed by atoms with Crippen LogP contribution in [0.1, 0.15) is 5.82 Å². The summed E-state index contributed by atoms with van der Waals surface area (Å²) in [5.41, 5.74) is 5.47. The van der Waals surface area contributed by atoms with E-state index in [-0.39, 0.29) is 0 Å². The lowest BCUT2D eigenvalue weighted by atomic mass is 10.6. The van der Waals surface area contributed by atoms with Crippen LogP contribution in [0.4, 0.5) is 0 Å². The summed E-state index contributed by atoms with van der Waals surface area (Å²) in [5.74, 6) is 1.76. The van der Waals surface area contributed by atoms with E-state index in [0.29, 0.717) is 10.8 Å². The normalized spacial score (nSPS) is 10.1. The Labute approximate surface area is 81.4 Å². The molecular weight excluding hydrogens is 190 g/mol. The highest BCUT2D eigenvalue weighted by atomic mass is 32.2. The zero-order valence-electron chi connectivity index (χ0n) is 6.86. The van der Waals surface area contributed by atoms with E-state index in [0.717, 1.165) is 12.3 Å². The summed E-state index contributed by atoms with van der Waals surface area (Å²) in [6.07, 6.45) is 5.68. The Bertz CT molecular complexity index is 269. The van der Waals surface area contributed by atoms with Crippen LogP contribution in [-0.4, -0.2) is 26.5 Å². The first-order chi connectivity index (χ1) is 5.75. The van der Waals surface area contributed by atoms with Crippen LogP contribution in [-0.2, 0) is 6.54 Å². The van der Waals surface area contributed by atoms with E-state index in [1.54, 1.807) is 18.0 Å². The summed E-state index contributed by atoms with van der Waals surface area (Å²) < 4.78 is 1.97. The summed E-state index contributed by atoms with van der Waals surface area (Å²) >= 11 is 6.63. The highest BCUT2D eigenvalue weighted by Crippen LogP contribution is 2.00. The third kappa shape index (κ3) is 2.22. The molecule has 1 aromatic heterocycles. The largest absolute Gasteiger partial charge is 0.387 e. The van der Waals surface area contributed by atoms with E-state index < -0.39 is 0 Å². The minimum atomic E-state index is 0.362. The fourth-order valence-electron chi connectivity index (χ4n) is 0.904. The SMILES string of the molecule is CSCCn1ccnc1C(N)=S. The lowest BCUT2D eigenvalue weighted by Gasteiger charge is -2.04. The van der Waals surface area contributed by atoms with Crippen LogP contribution >= 0.6 is 24.0 Å². The fraction of sp³-hybridized carbons (Fsp3) is 0.429. The average molecular weight is 201 g/mol. The van der Waals surface area contributed by atoms with Crippen LogP contribution in [0.3, 0.4) is 0 Å². The van der Waals surface area contributed by atoms with E-state index in [1.807, 2.05) is 10.8 Å². The van der Waals surface area contributed by atoms with Crippen molar-refractivity contribution in [2.24, 2.45) is 5.73 Å². The molecule has 0 aromatic carbocycles. The number of hydrogen-bond acceptors (Lipinski definition) is 3. The molecule has 0 radical (unpaired) electrons. The molecular formula is C7H11N3S2. The van der Waals surface area contributed by atoms with Gasteiger partial charge in [0.05, 0.1) is 0 Å². The molecule has 0 bridgehead atoms. The van der Waals surface area contributed by atoms with E-state index in [9.17, 15) is 0 Å². The van der Waals surface area contributed by atoms with Crippen molar-refractivity contribution in [1.29, 1.82) is 0 Å². The molecule has 2 N–H and O–H groups in total. The van der Waals surface area contributed by atoms with E-state index >= 15 is 0 Å². The van der Waals surface area contributed by atoms with Gasteiger partial charge in [0.15, 0.2) is 5.82 Å². The number of imidazole rings is 1.